The van der Waals surface area contributed by atoms with Crippen LogP contribution in [0.25, 0.3) is 0 Å². The summed E-state index contributed by atoms with van der Waals surface area (Å²) in [5.41, 5.74) is 0.134. The SMILES string of the molecule is O=C(NCC1CNC1)c1ccc([N+](=O)[O-])cc1Cl. The number of nitro groups is 1. The molecule has 1 fully saturated rings. The molecule has 2 rings (SSSR count). The second-order valence-corrected chi connectivity index (χ2v) is 4.56. The number of carbonyl (C=O) groups is 1. The molecule has 96 valence electrons. The highest BCUT2D eigenvalue weighted by atomic mass is 35.5. The fourth-order valence-corrected chi connectivity index (χ4v) is 1.89. The zero-order valence-corrected chi connectivity index (χ0v) is 10.2. The number of nitrogens with zero attached hydrogens (tertiary/aromatic N) is 1. The molecule has 1 aromatic rings. The summed E-state index contributed by atoms with van der Waals surface area (Å²) in [5.74, 6) is 0.146. The van der Waals surface area contributed by atoms with E-state index in [0.29, 0.717) is 12.5 Å². The van der Waals surface area contributed by atoms with Crippen molar-refractivity contribution in [3.63, 3.8) is 0 Å². The van der Waals surface area contributed by atoms with Crippen molar-refractivity contribution in [1.82, 2.24) is 10.6 Å². The number of carbonyl (C=O) groups excluding carboxylic acids is 1. The number of non-ortho nitro benzene ring substituents is 1. The van der Waals surface area contributed by atoms with Gasteiger partial charge in [0.25, 0.3) is 11.6 Å². The van der Waals surface area contributed by atoms with E-state index in [4.69, 9.17) is 11.6 Å². The van der Waals surface area contributed by atoms with Crippen LogP contribution in [0.4, 0.5) is 5.69 Å². The third kappa shape index (κ3) is 2.77. The van der Waals surface area contributed by atoms with Gasteiger partial charge >= 0.3 is 0 Å². The zero-order chi connectivity index (χ0) is 13.1. The third-order valence-electron chi connectivity index (χ3n) is 2.83. The number of halogens is 1. The van der Waals surface area contributed by atoms with Crippen LogP contribution in [0.3, 0.4) is 0 Å². The smallest absolute Gasteiger partial charge is 0.270 e. The highest BCUT2D eigenvalue weighted by molar-refractivity contribution is 6.34. The minimum Gasteiger partial charge on any atom is -0.352 e. The van der Waals surface area contributed by atoms with Crippen LogP contribution in [-0.2, 0) is 0 Å². The van der Waals surface area contributed by atoms with Gasteiger partial charge in [0.2, 0.25) is 0 Å². The summed E-state index contributed by atoms with van der Waals surface area (Å²) in [6.45, 7) is 2.38. The Balaban J connectivity index is 2.02. The first kappa shape index (κ1) is 12.8. The first-order chi connectivity index (χ1) is 8.58. The molecule has 0 unspecified atom stereocenters. The van der Waals surface area contributed by atoms with Crippen LogP contribution < -0.4 is 10.6 Å². The van der Waals surface area contributed by atoms with Gasteiger partial charge in [-0.15, -0.1) is 0 Å². The lowest BCUT2D eigenvalue weighted by Crippen LogP contribution is -2.48. The minimum absolute atomic E-state index is 0.0911. The number of amides is 1. The predicted molar refractivity (Wildman–Crippen MR) is 66.8 cm³/mol. The Morgan fingerprint density at radius 2 is 2.28 bits per heavy atom. The number of nitro benzene ring substituents is 1. The van der Waals surface area contributed by atoms with Gasteiger partial charge in [0.1, 0.15) is 0 Å². The summed E-state index contributed by atoms with van der Waals surface area (Å²) in [6.07, 6.45) is 0. The molecule has 1 amide bonds. The summed E-state index contributed by atoms with van der Waals surface area (Å²) in [5, 5.41) is 16.5. The van der Waals surface area contributed by atoms with Crippen LogP contribution in [0.2, 0.25) is 5.02 Å². The second-order valence-electron chi connectivity index (χ2n) is 4.16. The van der Waals surface area contributed by atoms with Gasteiger partial charge < -0.3 is 10.6 Å². The van der Waals surface area contributed by atoms with Crippen molar-refractivity contribution in [2.45, 2.75) is 0 Å². The molecule has 7 heteroatoms. The highest BCUT2D eigenvalue weighted by Gasteiger charge is 2.19. The lowest BCUT2D eigenvalue weighted by atomic mass is 10.0. The van der Waals surface area contributed by atoms with Crippen molar-refractivity contribution in [3.05, 3.63) is 38.9 Å². The molecule has 1 saturated heterocycles. The Morgan fingerprint density at radius 1 is 1.56 bits per heavy atom. The standard InChI is InChI=1S/C11H12ClN3O3/c12-10-3-8(15(17)18)1-2-9(10)11(16)14-6-7-4-13-5-7/h1-3,7,13H,4-6H2,(H,14,16). The first-order valence-electron chi connectivity index (χ1n) is 5.51. The van der Waals surface area contributed by atoms with Crippen molar-refractivity contribution in [3.8, 4) is 0 Å². The summed E-state index contributed by atoms with van der Waals surface area (Å²) in [4.78, 5) is 21.8. The molecule has 0 aromatic heterocycles. The van der Waals surface area contributed by atoms with E-state index in [9.17, 15) is 14.9 Å². The average molecular weight is 270 g/mol. The third-order valence-corrected chi connectivity index (χ3v) is 3.14. The Morgan fingerprint density at radius 3 is 2.78 bits per heavy atom. The van der Waals surface area contributed by atoms with Crippen molar-refractivity contribution < 1.29 is 9.72 Å². The van der Waals surface area contributed by atoms with E-state index >= 15 is 0 Å². The number of rotatable bonds is 4. The van der Waals surface area contributed by atoms with Gasteiger partial charge in [0.15, 0.2) is 0 Å². The van der Waals surface area contributed by atoms with Gasteiger partial charge in [-0.2, -0.15) is 0 Å². The Hall–Kier alpha value is -1.66. The molecule has 18 heavy (non-hydrogen) atoms. The van der Waals surface area contributed by atoms with Crippen molar-refractivity contribution in [2.24, 2.45) is 5.92 Å². The van der Waals surface area contributed by atoms with Gasteiger partial charge in [-0.05, 0) is 6.07 Å². The largest absolute Gasteiger partial charge is 0.352 e. The van der Waals surface area contributed by atoms with E-state index in [-0.39, 0.29) is 22.2 Å². The quantitative estimate of drug-likeness (QED) is 0.635. The topological polar surface area (TPSA) is 84.3 Å². The maximum absolute atomic E-state index is 11.8. The van der Waals surface area contributed by atoms with Crippen LogP contribution in [0.15, 0.2) is 18.2 Å². The molecule has 1 aliphatic heterocycles. The highest BCUT2D eigenvalue weighted by Crippen LogP contribution is 2.22. The number of benzene rings is 1. The summed E-state index contributed by atoms with van der Waals surface area (Å²) >= 11 is 5.85. The minimum atomic E-state index is -0.548. The lowest BCUT2D eigenvalue weighted by Gasteiger charge is -2.27. The molecule has 0 bridgehead atoms. The van der Waals surface area contributed by atoms with Gasteiger partial charge in [-0.25, -0.2) is 0 Å². The van der Waals surface area contributed by atoms with Crippen molar-refractivity contribution in [1.29, 1.82) is 0 Å². The maximum atomic E-state index is 11.8. The Kier molecular flexibility index (Phi) is 3.78. The molecule has 0 aliphatic carbocycles. The monoisotopic (exact) mass is 269 g/mol. The summed E-state index contributed by atoms with van der Waals surface area (Å²) in [6, 6.07) is 3.82. The number of hydrogen-bond acceptors (Lipinski definition) is 4. The lowest BCUT2D eigenvalue weighted by molar-refractivity contribution is -0.384. The second kappa shape index (κ2) is 5.32. The first-order valence-corrected chi connectivity index (χ1v) is 5.88. The van der Waals surface area contributed by atoms with Gasteiger partial charge in [0.05, 0.1) is 15.5 Å². The van der Waals surface area contributed by atoms with Crippen LogP contribution in [-0.4, -0.2) is 30.5 Å². The van der Waals surface area contributed by atoms with E-state index in [0.717, 1.165) is 13.1 Å². The normalized spacial score (nSPS) is 14.9. The molecule has 1 aliphatic rings. The van der Waals surface area contributed by atoms with Gasteiger partial charge in [-0.3, -0.25) is 14.9 Å². The van der Waals surface area contributed by atoms with Crippen molar-refractivity contribution in [2.75, 3.05) is 19.6 Å². The van der Waals surface area contributed by atoms with Crippen molar-refractivity contribution >= 4 is 23.2 Å². The number of hydrogen-bond donors (Lipinski definition) is 2. The molecule has 2 N–H and O–H groups in total. The fourth-order valence-electron chi connectivity index (χ4n) is 1.63. The number of nitrogens with one attached hydrogen (secondary N) is 2. The predicted octanol–water partition coefficient (Wildman–Crippen LogP) is 1.20. The molecule has 0 spiro atoms. The Bertz CT molecular complexity index is 488. The van der Waals surface area contributed by atoms with E-state index < -0.39 is 4.92 Å². The molecule has 0 atom stereocenters. The van der Waals surface area contributed by atoms with E-state index in [2.05, 4.69) is 10.6 Å². The zero-order valence-electron chi connectivity index (χ0n) is 9.48. The average Bonchev–Trinajstić information content (AvgIpc) is 2.26. The molecule has 1 heterocycles. The molecule has 6 nitrogen and oxygen atoms in total. The molecule has 0 radical (unpaired) electrons. The van der Waals surface area contributed by atoms with E-state index in [1.165, 1.54) is 18.2 Å². The molecular weight excluding hydrogens is 258 g/mol. The van der Waals surface area contributed by atoms with Crippen LogP contribution in [0, 0.1) is 16.0 Å². The summed E-state index contributed by atoms with van der Waals surface area (Å²) < 4.78 is 0. The Labute approximate surface area is 108 Å². The van der Waals surface area contributed by atoms with Crippen LogP contribution in [0.1, 0.15) is 10.4 Å². The van der Waals surface area contributed by atoms with Crippen LogP contribution >= 0.6 is 11.6 Å². The molecule has 1 aromatic carbocycles. The molecular formula is C11H12ClN3O3. The van der Waals surface area contributed by atoms with Crippen LogP contribution in [0.5, 0.6) is 0 Å². The summed E-state index contributed by atoms with van der Waals surface area (Å²) in [7, 11) is 0. The van der Waals surface area contributed by atoms with E-state index in [1.54, 1.807) is 0 Å². The fraction of sp³-hybridized carbons (Fsp3) is 0.364. The van der Waals surface area contributed by atoms with E-state index in [1.807, 2.05) is 0 Å². The van der Waals surface area contributed by atoms with Gasteiger partial charge in [0, 0.05) is 37.7 Å². The molecule has 0 saturated carbocycles. The maximum Gasteiger partial charge on any atom is 0.270 e. The van der Waals surface area contributed by atoms with Gasteiger partial charge in [-0.1, -0.05) is 11.6 Å².